The Morgan fingerprint density at radius 1 is 1.31 bits per heavy atom. The van der Waals surface area contributed by atoms with Gasteiger partial charge in [0.1, 0.15) is 11.7 Å². The summed E-state index contributed by atoms with van der Waals surface area (Å²) in [5.41, 5.74) is 6.03. The largest absolute Gasteiger partial charge is 0.574 e. The van der Waals surface area contributed by atoms with Crippen LogP contribution in [0.25, 0.3) is 0 Å². The van der Waals surface area contributed by atoms with E-state index in [0.29, 0.717) is 30.8 Å². The number of nitrogens with zero attached hydrogens (tertiary/aromatic N) is 1. The zero-order chi connectivity index (χ0) is 21.0. The fraction of sp³-hybridized carbons (Fsp3) is 0.476. The molecule has 2 N–H and O–H groups in total. The van der Waals surface area contributed by atoms with E-state index in [1.54, 1.807) is 24.3 Å². The van der Waals surface area contributed by atoms with Gasteiger partial charge in [-0.05, 0) is 50.3 Å². The average molecular weight is 415 g/mol. The molecule has 1 spiro atoms. The highest BCUT2D eigenvalue weighted by Crippen LogP contribution is 2.43. The van der Waals surface area contributed by atoms with Crippen molar-refractivity contribution < 1.29 is 24.1 Å². The van der Waals surface area contributed by atoms with Crippen LogP contribution in [0.15, 0.2) is 35.8 Å². The number of thiocarbonyl (C=S) groups is 1. The first-order valence-corrected chi connectivity index (χ1v) is 10.1. The zero-order valence-corrected chi connectivity index (χ0v) is 17.0. The lowest BCUT2D eigenvalue weighted by atomic mass is 9.80. The van der Waals surface area contributed by atoms with Gasteiger partial charge in [-0.2, -0.15) is 5.26 Å². The second-order valence-corrected chi connectivity index (χ2v) is 7.62. The number of carbonyl (C=O) groups excluding carboxylic acids is 1. The third-order valence-corrected chi connectivity index (χ3v) is 5.51. The molecule has 2 atom stereocenters. The van der Waals surface area contributed by atoms with E-state index in [9.17, 15) is 15.2 Å². The lowest BCUT2D eigenvalue weighted by Gasteiger charge is -2.47. The number of ether oxygens (including phenoxy) is 3. The molecule has 8 heteroatoms. The molecule has 2 aliphatic rings. The number of esters is 1. The Morgan fingerprint density at radius 3 is 2.48 bits per heavy atom. The van der Waals surface area contributed by atoms with Crippen molar-refractivity contribution in [3.05, 3.63) is 41.3 Å². The molecule has 1 heterocycles. The number of carbonyl (C=O) groups is 1. The Morgan fingerprint density at radius 2 is 1.97 bits per heavy atom. The first-order valence-electron chi connectivity index (χ1n) is 9.66. The molecule has 154 valence electrons. The molecule has 1 saturated carbocycles. The van der Waals surface area contributed by atoms with E-state index in [2.05, 4.69) is 0 Å². The summed E-state index contributed by atoms with van der Waals surface area (Å²) in [5.74, 6) is -4.20. The molecule has 1 aromatic carbocycles. The van der Waals surface area contributed by atoms with Crippen LogP contribution in [0, 0.1) is 17.2 Å². The summed E-state index contributed by atoms with van der Waals surface area (Å²) < 4.78 is 16.6. The molecule has 1 aliphatic carbocycles. The normalized spacial score (nSPS) is 20.2. The zero-order valence-electron chi connectivity index (χ0n) is 16.2. The molecule has 0 bridgehead atoms. The van der Waals surface area contributed by atoms with Crippen molar-refractivity contribution in [1.29, 1.82) is 5.26 Å². The summed E-state index contributed by atoms with van der Waals surface area (Å²) in [6.07, 6.45) is 3.57. The smallest absolute Gasteiger partial charge is 0.337 e. The van der Waals surface area contributed by atoms with Crippen LogP contribution in [-0.4, -0.2) is 23.4 Å². The Balaban J connectivity index is 2.03. The molecular weight excluding hydrogens is 392 g/mol. The highest BCUT2D eigenvalue weighted by atomic mass is 32.1. The molecule has 3 rings (SSSR count). The number of nitriles is 1. The molecule has 1 aliphatic heterocycles. The van der Waals surface area contributed by atoms with Crippen molar-refractivity contribution in [2.75, 3.05) is 6.61 Å². The van der Waals surface area contributed by atoms with Crippen LogP contribution in [0.5, 0.6) is 5.75 Å². The number of rotatable bonds is 6. The summed E-state index contributed by atoms with van der Waals surface area (Å²) in [6, 6.07) is 8.76. The Hall–Kier alpha value is -2.79. The van der Waals surface area contributed by atoms with Crippen molar-refractivity contribution in [2.24, 2.45) is 11.7 Å². The van der Waals surface area contributed by atoms with E-state index in [-0.39, 0.29) is 10.6 Å². The first-order chi connectivity index (χ1) is 13.9. The van der Waals surface area contributed by atoms with E-state index < -0.39 is 29.5 Å². The van der Waals surface area contributed by atoms with Crippen LogP contribution in [-0.2, 0) is 14.3 Å². The maximum absolute atomic E-state index is 12.9. The third-order valence-electron chi connectivity index (χ3n) is 5.25. The Labute approximate surface area is 175 Å². The van der Waals surface area contributed by atoms with E-state index in [1.165, 1.54) is 0 Å². The lowest BCUT2D eigenvalue weighted by molar-refractivity contribution is -0.402. The van der Waals surface area contributed by atoms with Gasteiger partial charge >= 0.3 is 5.97 Å². The molecule has 2 unspecified atom stereocenters. The third kappa shape index (κ3) is 4.30. The molecular formula is C21H23N2O5S-. The van der Waals surface area contributed by atoms with Crippen molar-refractivity contribution in [1.82, 2.24) is 0 Å². The van der Waals surface area contributed by atoms with Crippen molar-refractivity contribution in [3.63, 3.8) is 0 Å². The monoisotopic (exact) mass is 415 g/mol. The van der Waals surface area contributed by atoms with Crippen LogP contribution >= 0.6 is 12.2 Å². The topological polar surface area (TPSA) is 118 Å². The molecule has 0 aromatic heterocycles. The predicted molar refractivity (Wildman–Crippen MR) is 106 cm³/mol. The van der Waals surface area contributed by atoms with E-state index in [0.717, 1.165) is 19.3 Å². The van der Waals surface area contributed by atoms with Crippen LogP contribution in [0.3, 0.4) is 0 Å². The second-order valence-electron chi connectivity index (χ2n) is 7.15. The van der Waals surface area contributed by atoms with Gasteiger partial charge in [-0.15, -0.1) is 0 Å². The van der Waals surface area contributed by atoms with E-state index in [1.807, 2.05) is 13.0 Å². The van der Waals surface area contributed by atoms with Crippen LogP contribution in [0.2, 0.25) is 0 Å². The van der Waals surface area contributed by atoms with Gasteiger partial charge in [-0.25, -0.2) is 4.79 Å². The molecule has 0 radical (unpaired) electrons. The molecule has 1 aromatic rings. The summed E-state index contributed by atoms with van der Waals surface area (Å²) in [6.45, 7) is 2.36. The van der Waals surface area contributed by atoms with Gasteiger partial charge in [0.05, 0.1) is 29.2 Å². The highest BCUT2D eigenvalue weighted by molar-refractivity contribution is 7.80. The second kappa shape index (κ2) is 8.70. The minimum absolute atomic E-state index is 0.113. The fourth-order valence-electron chi connectivity index (χ4n) is 3.87. The van der Waals surface area contributed by atoms with Gasteiger partial charge in [0.2, 0.25) is 0 Å². The summed E-state index contributed by atoms with van der Waals surface area (Å²) in [7, 11) is 0. The summed E-state index contributed by atoms with van der Waals surface area (Å²) >= 11 is 5.04. The van der Waals surface area contributed by atoms with Gasteiger partial charge in [0, 0.05) is 5.92 Å². The molecule has 1 fully saturated rings. The molecule has 29 heavy (non-hydrogen) atoms. The fourth-order valence-corrected chi connectivity index (χ4v) is 4.06. The summed E-state index contributed by atoms with van der Waals surface area (Å²) in [4.78, 5) is 12.8. The highest BCUT2D eigenvalue weighted by Gasteiger charge is 2.43. The number of benzene rings is 1. The van der Waals surface area contributed by atoms with Gasteiger partial charge in [0.25, 0.3) is 0 Å². The van der Waals surface area contributed by atoms with Crippen molar-refractivity contribution in [3.8, 4) is 11.8 Å². The Bertz CT molecular complexity index is 853. The van der Waals surface area contributed by atoms with Gasteiger partial charge in [0.15, 0.2) is 5.79 Å². The predicted octanol–water partition coefficient (Wildman–Crippen LogP) is 2.40. The average Bonchev–Trinajstić information content (AvgIpc) is 2.68. The van der Waals surface area contributed by atoms with Gasteiger partial charge < -0.3 is 25.1 Å². The van der Waals surface area contributed by atoms with E-state index in [4.69, 9.17) is 32.2 Å². The minimum Gasteiger partial charge on any atom is -0.574 e. The van der Waals surface area contributed by atoms with Gasteiger partial charge in [-0.1, -0.05) is 30.8 Å². The first kappa shape index (κ1) is 20.9. The number of hydrogen-bond donors (Lipinski definition) is 1. The number of nitrogens with two attached hydrogens (primary N) is 1. The van der Waals surface area contributed by atoms with Crippen LogP contribution in [0.4, 0.5) is 0 Å². The standard InChI is InChI=1S/C21H24N2O5S/c1-2-26-14-8-6-13(7-9-14)16(15(12-22)18(23)29)17-19(24)27-21(28-20(17)25)10-4-3-5-11-21/h6-9,15-16,24H,2-5,10-11H2,1H3,(H2,23,29)/p-1. The maximum atomic E-state index is 12.9. The maximum Gasteiger partial charge on any atom is 0.337 e. The van der Waals surface area contributed by atoms with Crippen molar-refractivity contribution in [2.45, 2.75) is 50.7 Å². The molecule has 0 amide bonds. The van der Waals surface area contributed by atoms with Crippen LogP contribution in [0.1, 0.15) is 50.5 Å². The summed E-state index contributed by atoms with van der Waals surface area (Å²) in [5, 5.41) is 22.6. The van der Waals surface area contributed by atoms with Crippen LogP contribution < -0.4 is 15.6 Å². The van der Waals surface area contributed by atoms with E-state index >= 15 is 0 Å². The quantitative estimate of drug-likeness (QED) is 0.556. The minimum atomic E-state index is -1.20. The lowest BCUT2D eigenvalue weighted by Crippen LogP contribution is -2.47. The van der Waals surface area contributed by atoms with Crippen molar-refractivity contribution >= 4 is 23.2 Å². The number of hydrogen-bond acceptors (Lipinski definition) is 7. The SMILES string of the molecule is CCOc1ccc(C(C2=C([O-])OC3(CCCCC3)OC2=O)C(C#N)C(N)=S)cc1. The molecule has 0 saturated heterocycles. The van der Waals surface area contributed by atoms with Gasteiger partial charge in [-0.3, -0.25) is 0 Å². The molecule has 7 nitrogen and oxygen atoms in total. The Kier molecular flexibility index (Phi) is 6.28.